The molecule has 0 amide bonds. The van der Waals surface area contributed by atoms with Gasteiger partial charge >= 0.3 is 0 Å². The van der Waals surface area contributed by atoms with E-state index >= 15 is 0 Å². The van der Waals surface area contributed by atoms with Gasteiger partial charge in [-0.1, -0.05) is 32.0 Å². The monoisotopic (exact) mass is 175 g/mol. The van der Waals surface area contributed by atoms with Gasteiger partial charge in [-0.3, -0.25) is 4.99 Å². The molecule has 0 aliphatic heterocycles. The number of benzene rings is 1. The summed E-state index contributed by atoms with van der Waals surface area (Å²) in [7, 11) is 0. The summed E-state index contributed by atoms with van der Waals surface area (Å²) >= 11 is 0. The molecule has 0 aliphatic carbocycles. The fourth-order valence-corrected chi connectivity index (χ4v) is 1.02. The van der Waals surface area contributed by atoms with E-state index in [1.165, 1.54) is 5.56 Å². The van der Waals surface area contributed by atoms with Gasteiger partial charge in [0.2, 0.25) is 0 Å². The Bertz CT molecular complexity index is 289. The van der Waals surface area contributed by atoms with Crippen LogP contribution in [0.5, 0.6) is 0 Å². The molecule has 0 aromatic heterocycles. The standard InChI is InChI=1S/C12H17N/c1-4-10(2)9-13-12-8-6-5-7-11(12)3/h5-10H,4H2,1-3H3/b13-9-. The van der Waals surface area contributed by atoms with E-state index in [1.807, 2.05) is 24.4 Å². The molecule has 1 nitrogen and oxygen atoms in total. The third kappa shape index (κ3) is 3.02. The van der Waals surface area contributed by atoms with Crippen LogP contribution in [-0.2, 0) is 0 Å². The first-order valence-corrected chi connectivity index (χ1v) is 4.84. The van der Waals surface area contributed by atoms with Crippen molar-refractivity contribution in [2.24, 2.45) is 10.9 Å². The summed E-state index contributed by atoms with van der Waals surface area (Å²) in [6, 6.07) is 8.20. The Morgan fingerprint density at radius 3 is 2.69 bits per heavy atom. The maximum atomic E-state index is 4.45. The molecule has 1 atom stereocenters. The van der Waals surface area contributed by atoms with Crippen LogP contribution in [0.1, 0.15) is 25.8 Å². The third-order valence-corrected chi connectivity index (χ3v) is 2.23. The zero-order valence-electron chi connectivity index (χ0n) is 8.62. The molecule has 1 rings (SSSR count). The molecule has 0 saturated heterocycles. The van der Waals surface area contributed by atoms with E-state index in [9.17, 15) is 0 Å². The number of hydrogen-bond donors (Lipinski definition) is 0. The number of aryl methyl sites for hydroxylation is 1. The summed E-state index contributed by atoms with van der Waals surface area (Å²) < 4.78 is 0. The quantitative estimate of drug-likeness (QED) is 0.620. The summed E-state index contributed by atoms with van der Waals surface area (Å²) in [6.07, 6.45) is 3.18. The molecule has 0 fully saturated rings. The highest BCUT2D eigenvalue weighted by molar-refractivity contribution is 5.66. The minimum Gasteiger partial charge on any atom is -0.261 e. The fourth-order valence-electron chi connectivity index (χ4n) is 1.02. The van der Waals surface area contributed by atoms with E-state index in [0.29, 0.717) is 5.92 Å². The first-order chi connectivity index (χ1) is 6.24. The predicted octanol–water partition coefficient (Wildman–Crippen LogP) is 3.74. The second-order valence-corrected chi connectivity index (χ2v) is 3.45. The number of hydrogen-bond acceptors (Lipinski definition) is 1. The van der Waals surface area contributed by atoms with Crippen molar-refractivity contribution in [3.8, 4) is 0 Å². The van der Waals surface area contributed by atoms with E-state index in [0.717, 1.165) is 12.1 Å². The van der Waals surface area contributed by atoms with Gasteiger partial charge < -0.3 is 0 Å². The van der Waals surface area contributed by atoms with Gasteiger partial charge in [0.25, 0.3) is 0 Å². The van der Waals surface area contributed by atoms with Crippen LogP contribution in [0.15, 0.2) is 29.3 Å². The van der Waals surface area contributed by atoms with Crippen LogP contribution in [0.25, 0.3) is 0 Å². The topological polar surface area (TPSA) is 12.4 Å². The van der Waals surface area contributed by atoms with Gasteiger partial charge in [-0.15, -0.1) is 0 Å². The molecular weight excluding hydrogens is 158 g/mol. The smallest absolute Gasteiger partial charge is 0.0654 e. The highest BCUT2D eigenvalue weighted by atomic mass is 14.7. The zero-order chi connectivity index (χ0) is 9.68. The average molecular weight is 175 g/mol. The minimum absolute atomic E-state index is 0.569. The molecular formula is C12H17N. The van der Waals surface area contributed by atoms with Crippen LogP contribution in [0.4, 0.5) is 5.69 Å². The minimum atomic E-state index is 0.569. The van der Waals surface area contributed by atoms with E-state index in [1.54, 1.807) is 0 Å². The normalized spacial score (nSPS) is 13.5. The summed E-state index contributed by atoms with van der Waals surface area (Å²) in [4.78, 5) is 4.45. The molecule has 0 heterocycles. The Kier molecular flexibility index (Phi) is 3.69. The lowest BCUT2D eigenvalue weighted by atomic mass is 10.1. The van der Waals surface area contributed by atoms with Gasteiger partial charge in [0.1, 0.15) is 0 Å². The highest BCUT2D eigenvalue weighted by Crippen LogP contribution is 2.16. The fraction of sp³-hybridized carbons (Fsp3) is 0.417. The van der Waals surface area contributed by atoms with E-state index in [-0.39, 0.29) is 0 Å². The second kappa shape index (κ2) is 4.80. The molecule has 1 unspecified atom stereocenters. The lowest BCUT2D eigenvalue weighted by Crippen LogP contribution is -1.91. The Hall–Kier alpha value is -1.11. The molecule has 0 bridgehead atoms. The molecule has 0 aliphatic rings. The summed E-state index contributed by atoms with van der Waals surface area (Å²) in [5.41, 5.74) is 2.32. The van der Waals surface area contributed by atoms with Gasteiger partial charge in [0, 0.05) is 6.21 Å². The summed E-state index contributed by atoms with van der Waals surface area (Å²) in [5.74, 6) is 0.569. The lowest BCUT2D eigenvalue weighted by molar-refractivity contribution is 0.754. The maximum absolute atomic E-state index is 4.45. The van der Waals surface area contributed by atoms with Crippen molar-refractivity contribution >= 4 is 11.9 Å². The Labute approximate surface area is 80.5 Å². The van der Waals surface area contributed by atoms with Crippen LogP contribution < -0.4 is 0 Å². The van der Waals surface area contributed by atoms with Crippen LogP contribution in [0.2, 0.25) is 0 Å². The van der Waals surface area contributed by atoms with Crippen LogP contribution >= 0.6 is 0 Å². The SMILES string of the molecule is CCC(C)/C=N\c1ccccc1C. The molecule has 0 saturated carbocycles. The molecule has 1 aromatic carbocycles. The van der Waals surface area contributed by atoms with Gasteiger partial charge in [-0.2, -0.15) is 0 Å². The third-order valence-electron chi connectivity index (χ3n) is 2.23. The van der Waals surface area contributed by atoms with Crippen LogP contribution in [0.3, 0.4) is 0 Å². The number of aliphatic imine (C=N–C) groups is 1. The van der Waals surface area contributed by atoms with Gasteiger partial charge in [0.05, 0.1) is 5.69 Å². The molecule has 0 N–H and O–H groups in total. The summed E-state index contributed by atoms with van der Waals surface area (Å²) in [6.45, 7) is 6.44. The van der Waals surface area contributed by atoms with Crippen molar-refractivity contribution < 1.29 is 0 Å². The first-order valence-electron chi connectivity index (χ1n) is 4.84. The molecule has 0 radical (unpaired) electrons. The van der Waals surface area contributed by atoms with E-state index < -0.39 is 0 Å². The van der Waals surface area contributed by atoms with Crippen molar-refractivity contribution in [1.29, 1.82) is 0 Å². The molecule has 0 spiro atoms. The Morgan fingerprint density at radius 2 is 2.08 bits per heavy atom. The largest absolute Gasteiger partial charge is 0.261 e. The van der Waals surface area contributed by atoms with Crippen molar-refractivity contribution in [3.63, 3.8) is 0 Å². The number of para-hydroxylation sites is 1. The Balaban J connectivity index is 2.74. The van der Waals surface area contributed by atoms with Crippen molar-refractivity contribution in [2.45, 2.75) is 27.2 Å². The average Bonchev–Trinajstić information content (AvgIpc) is 2.16. The molecule has 1 heteroatoms. The highest BCUT2D eigenvalue weighted by Gasteiger charge is 1.94. The van der Waals surface area contributed by atoms with Crippen molar-refractivity contribution in [1.82, 2.24) is 0 Å². The van der Waals surface area contributed by atoms with Gasteiger partial charge in [0.15, 0.2) is 0 Å². The molecule has 70 valence electrons. The first kappa shape index (κ1) is 9.97. The van der Waals surface area contributed by atoms with E-state index in [2.05, 4.69) is 31.8 Å². The van der Waals surface area contributed by atoms with Crippen LogP contribution in [-0.4, -0.2) is 6.21 Å². The van der Waals surface area contributed by atoms with Crippen molar-refractivity contribution in [2.75, 3.05) is 0 Å². The molecule has 13 heavy (non-hydrogen) atoms. The maximum Gasteiger partial charge on any atom is 0.0654 e. The number of rotatable bonds is 3. The van der Waals surface area contributed by atoms with Gasteiger partial charge in [-0.05, 0) is 30.9 Å². The molecule has 1 aromatic rings. The number of nitrogens with zero attached hydrogens (tertiary/aromatic N) is 1. The second-order valence-electron chi connectivity index (χ2n) is 3.45. The van der Waals surface area contributed by atoms with Crippen molar-refractivity contribution in [3.05, 3.63) is 29.8 Å². The van der Waals surface area contributed by atoms with Crippen LogP contribution in [0, 0.1) is 12.8 Å². The Morgan fingerprint density at radius 1 is 1.38 bits per heavy atom. The predicted molar refractivity (Wildman–Crippen MR) is 58.8 cm³/mol. The lowest BCUT2D eigenvalue weighted by Gasteiger charge is -2.01. The summed E-state index contributed by atoms with van der Waals surface area (Å²) in [5, 5.41) is 0. The van der Waals surface area contributed by atoms with Gasteiger partial charge in [-0.25, -0.2) is 0 Å². The van der Waals surface area contributed by atoms with E-state index in [4.69, 9.17) is 0 Å². The zero-order valence-corrected chi connectivity index (χ0v) is 8.62.